The Hall–Kier alpha value is 0.230. The maximum Gasteiger partial charge on any atom is 0.0928 e. The smallest absolute Gasteiger partial charge is 0.0928 e. The van der Waals surface area contributed by atoms with Gasteiger partial charge in [0.2, 0.25) is 0 Å². The molecule has 2 atom stereocenters. The summed E-state index contributed by atoms with van der Waals surface area (Å²) < 4.78 is 5.61. The van der Waals surface area contributed by atoms with Gasteiger partial charge in [0.1, 0.15) is 0 Å². The molecule has 0 saturated carbocycles. The zero-order valence-electron chi connectivity index (χ0n) is 7.45. The highest BCUT2D eigenvalue weighted by Gasteiger charge is 2.40. The molecule has 0 aromatic carbocycles. The molecule has 0 amide bonds. The summed E-state index contributed by atoms with van der Waals surface area (Å²) in [5.41, 5.74) is 5.51. The van der Waals surface area contributed by atoms with Crippen LogP contribution < -0.4 is 5.73 Å². The Labute approximate surface area is 77.7 Å². The molecule has 1 heterocycles. The number of ether oxygens (including phenoxy) is 1. The molecule has 3 N–H and O–H groups in total. The first-order chi connectivity index (χ1) is 5.75. The molecular weight excluding hydrogens is 174 g/mol. The van der Waals surface area contributed by atoms with Crippen LogP contribution in [0.5, 0.6) is 0 Å². The van der Waals surface area contributed by atoms with E-state index in [9.17, 15) is 0 Å². The normalized spacial score (nSPS) is 35.8. The second kappa shape index (κ2) is 4.46. The molecule has 0 aliphatic carbocycles. The van der Waals surface area contributed by atoms with Crippen molar-refractivity contribution in [2.24, 2.45) is 11.7 Å². The minimum atomic E-state index is -0.173. The third kappa shape index (κ3) is 1.93. The highest BCUT2D eigenvalue weighted by molar-refractivity contribution is 7.99. The predicted molar refractivity (Wildman–Crippen MR) is 51.3 cm³/mol. The van der Waals surface area contributed by atoms with Crippen molar-refractivity contribution in [3.05, 3.63) is 0 Å². The molecule has 0 aromatic rings. The lowest BCUT2D eigenvalue weighted by atomic mass is 9.92. The Kier molecular flexibility index (Phi) is 3.83. The second-order valence-electron chi connectivity index (χ2n) is 3.26. The number of aliphatic hydroxyl groups excluding tert-OH is 1. The Balaban J connectivity index is 2.49. The largest absolute Gasteiger partial charge is 0.394 e. The highest BCUT2D eigenvalue weighted by atomic mass is 32.2. The SMILES string of the molecule is CC1CSCC1(CN)OCCO. The predicted octanol–water partition coefficient (Wildman–Crippen LogP) is 0.0757. The third-order valence-electron chi connectivity index (χ3n) is 2.44. The summed E-state index contributed by atoms with van der Waals surface area (Å²) >= 11 is 1.88. The standard InChI is InChI=1S/C8H17NO2S/c1-7-4-12-6-8(7,5-9)11-3-2-10/h7,10H,2-6,9H2,1H3. The third-order valence-corrected chi connectivity index (χ3v) is 3.87. The lowest BCUT2D eigenvalue weighted by Crippen LogP contribution is -2.46. The average Bonchev–Trinajstić information content (AvgIpc) is 2.45. The number of thioether (sulfide) groups is 1. The van der Waals surface area contributed by atoms with Crippen molar-refractivity contribution in [1.82, 2.24) is 0 Å². The van der Waals surface area contributed by atoms with Gasteiger partial charge in [-0.25, -0.2) is 0 Å². The molecule has 3 nitrogen and oxygen atoms in total. The van der Waals surface area contributed by atoms with Crippen LogP contribution in [0.25, 0.3) is 0 Å². The minimum Gasteiger partial charge on any atom is -0.394 e. The molecule has 0 spiro atoms. The van der Waals surface area contributed by atoms with Gasteiger partial charge in [-0.2, -0.15) is 11.8 Å². The molecular formula is C8H17NO2S. The van der Waals surface area contributed by atoms with Gasteiger partial charge < -0.3 is 15.6 Å². The van der Waals surface area contributed by atoms with Gasteiger partial charge in [0, 0.05) is 12.3 Å². The Morgan fingerprint density at radius 3 is 2.92 bits per heavy atom. The van der Waals surface area contributed by atoms with Gasteiger partial charge in [-0.3, -0.25) is 0 Å². The fourth-order valence-electron chi connectivity index (χ4n) is 1.45. The number of nitrogens with two attached hydrogens (primary N) is 1. The lowest BCUT2D eigenvalue weighted by molar-refractivity contribution is -0.0591. The summed E-state index contributed by atoms with van der Waals surface area (Å²) in [6.45, 7) is 3.20. The fourth-order valence-corrected chi connectivity index (χ4v) is 3.06. The van der Waals surface area contributed by atoms with Crippen LogP contribution in [0.4, 0.5) is 0 Å². The van der Waals surface area contributed by atoms with Gasteiger partial charge in [-0.05, 0) is 11.7 Å². The second-order valence-corrected chi connectivity index (χ2v) is 4.29. The Morgan fingerprint density at radius 2 is 2.50 bits per heavy atom. The van der Waals surface area contributed by atoms with E-state index < -0.39 is 0 Å². The van der Waals surface area contributed by atoms with Crippen molar-refractivity contribution < 1.29 is 9.84 Å². The number of aliphatic hydroxyl groups is 1. The summed E-state index contributed by atoms with van der Waals surface area (Å²) in [5.74, 6) is 2.58. The summed E-state index contributed by atoms with van der Waals surface area (Å²) in [7, 11) is 0. The van der Waals surface area contributed by atoms with Crippen LogP contribution in [0.2, 0.25) is 0 Å². The summed E-state index contributed by atoms with van der Waals surface area (Å²) in [4.78, 5) is 0. The first kappa shape index (κ1) is 10.3. The minimum absolute atomic E-state index is 0.0825. The van der Waals surface area contributed by atoms with Crippen molar-refractivity contribution in [2.75, 3.05) is 31.3 Å². The topological polar surface area (TPSA) is 55.5 Å². The molecule has 4 heteroatoms. The van der Waals surface area contributed by atoms with Crippen LogP contribution in [-0.2, 0) is 4.74 Å². The van der Waals surface area contributed by atoms with Gasteiger partial charge in [0.05, 0.1) is 18.8 Å². The van der Waals surface area contributed by atoms with Crippen LogP contribution in [-0.4, -0.2) is 42.0 Å². The molecule has 1 aliphatic rings. The summed E-state index contributed by atoms with van der Waals surface area (Å²) in [5, 5.41) is 8.65. The van der Waals surface area contributed by atoms with Crippen molar-refractivity contribution in [3.63, 3.8) is 0 Å². The first-order valence-electron chi connectivity index (χ1n) is 4.28. The number of hydrogen-bond acceptors (Lipinski definition) is 4. The van der Waals surface area contributed by atoms with Crippen LogP contribution in [0.15, 0.2) is 0 Å². The monoisotopic (exact) mass is 191 g/mol. The van der Waals surface area contributed by atoms with Gasteiger partial charge in [0.25, 0.3) is 0 Å². The molecule has 1 saturated heterocycles. The van der Waals surface area contributed by atoms with E-state index in [0.29, 0.717) is 19.1 Å². The van der Waals surface area contributed by atoms with E-state index >= 15 is 0 Å². The van der Waals surface area contributed by atoms with E-state index in [1.54, 1.807) is 0 Å². The van der Waals surface area contributed by atoms with E-state index in [1.807, 2.05) is 11.8 Å². The Bertz CT molecular complexity index is 145. The van der Waals surface area contributed by atoms with Crippen molar-refractivity contribution in [1.29, 1.82) is 0 Å². The highest BCUT2D eigenvalue weighted by Crippen LogP contribution is 2.35. The Morgan fingerprint density at radius 1 is 1.75 bits per heavy atom. The summed E-state index contributed by atoms with van der Waals surface area (Å²) in [6, 6.07) is 0. The zero-order chi connectivity index (χ0) is 9.03. The lowest BCUT2D eigenvalue weighted by Gasteiger charge is -2.31. The van der Waals surface area contributed by atoms with Gasteiger partial charge in [-0.15, -0.1) is 0 Å². The van der Waals surface area contributed by atoms with Crippen LogP contribution in [0.3, 0.4) is 0 Å². The average molecular weight is 191 g/mol. The van der Waals surface area contributed by atoms with E-state index in [1.165, 1.54) is 0 Å². The van der Waals surface area contributed by atoms with E-state index in [-0.39, 0.29) is 12.2 Å². The molecule has 0 radical (unpaired) electrons. The van der Waals surface area contributed by atoms with Crippen LogP contribution >= 0.6 is 11.8 Å². The van der Waals surface area contributed by atoms with Gasteiger partial charge >= 0.3 is 0 Å². The molecule has 0 bridgehead atoms. The molecule has 2 unspecified atom stereocenters. The number of rotatable bonds is 4. The van der Waals surface area contributed by atoms with Crippen molar-refractivity contribution >= 4 is 11.8 Å². The van der Waals surface area contributed by atoms with Crippen LogP contribution in [0.1, 0.15) is 6.92 Å². The summed E-state index contributed by atoms with van der Waals surface area (Å²) in [6.07, 6.45) is 0. The molecule has 12 heavy (non-hydrogen) atoms. The van der Waals surface area contributed by atoms with E-state index in [4.69, 9.17) is 15.6 Å². The molecule has 1 fully saturated rings. The van der Waals surface area contributed by atoms with Gasteiger partial charge in [-0.1, -0.05) is 6.92 Å². The van der Waals surface area contributed by atoms with E-state index in [2.05, 4.69) is 6.92 Å². The molecule has 72 valence electrons. The van der Waals surface area contributed by atoms with Crippen molar-refractivity contribution in [2.45, 2.75) is 12.5 Å². The quantitative estimate of drug-likeness (QED) is 0.660. The van der Waals surface area contributed by atoms with E-state index in [0.717, 1.165) is 11.5 Å². The maximum atomic E-state index is 8.65. The molecule has 0 aromatic heterocycles. The first-order valence-corrected chi connectivity index (χ1v) is 5.43. The van der Waals surface area contributed by atoms with Crippen LogP contribution in [0, 0.1) is 5.92 Å². The number of hydrogen-bond donors (Lipinski definition) is 2. The molecule has 1 aliphatic heterocycles. The molecule has 1 rings (SSSR count). The fraction of sp³-hybridized carbons (Fsp3) is 1.00. The maximum absolute atomic E-state index is 8.65. The zero-order valence-corrected chi connectivity index (χ0v) is 8.27. The van der Waals surface area contributed by atoms with Gasteiger partial charge in [0.15, 0.2) is 0 Å². The van der Waals surface area contributed by atoms with Crippen molar-refractivity contribution in [3.8, 4) is 0 Å².